The molecule has 0 N–H and O–H groups in total. The van der Waals surface area contributed by atoms with Gasteiger partial charge in [0, 0.05) is 56.1 Å². The van der Waals surface area contributed by atoms with Crippen LogP contribution in [0.25, 0.3) is 10.9 Å². The Morgan fingerprint density at radius 2 is 1.75 bits per heavy atom. The Bertz CT molecular complexity index is 1210. The molecule has 0 atom stereocenters. The molecule has 2 aliphatic heterocycles. The van der Waals surface area contributed by atoms with Gasteiger partial charge < -0.3 is 14.4 Å². The monoisotopic (exact) mass is 437 g/mol. The lowest BCUT2D eigenvalue weighted by Gasteiger charge is -2.38. The molecular formula is C25H25F2N3O2. The van der Waals surface area contributed by atoms with Gasteiger partial charge in [-0.05, 0) is 61.0 Å². The summed E-state index contributed by atoms with van der Waals surface area (Å²) >= 11 is 0. The van der Waals surface area contributed by atoms with Crippen molar-refractivity contribution in [2.75, 3.05) is 19.6 Å². The van der Waals surface area contributed by atoms with E-state index in [9.17, 15) is 18.4 Å². The van der Waals surface area contributed by atoms with E-state index < -0.39 is 17.0 Å². The smallest absolute Gasteiger partial charge is 0.253 e. The maximum absolute atomic E-state index is 14.0. The maximum Gasteiger partial charge on any atom is 0.253 e. The average molecular weight is 437 g/mol. The van der Waals surface area contributed by atoms with Gasteiger partial charge in [-0.25, -0.2) is 8.78 Å². The van der Waals surface area contributed by atoms with Crippen LogP contribution in [-0.2, 0) is 18.4 Å². The second kappa shape index (κ2) is 7.73. The molecule has 0 unspecified atom stereocenters. The Morgan fingerprint density at radius 3 is 2.53 bits per heavy atom. The molecule has 5 rings (SSSR count). The summed E-state index contributed by atoms with van der Waals surface area (Å²) in [5, 5.41) is 1.09. The van der Waals surface area contributed by atoms with E-state index in [0.717, 1.165) is 29.1 Å². The number of aromatic nitrogens is 1. The van der Waals surface area contributed by atoms with E-state index >= 15 is 0 Å². The number of halogens is 2. The lowest BCUT2D eigenvalue weighted by Crippen LogP contribution is -2.46. The third-order valence-electron chi connectivity index (χ3n) is 7.11. The number of piperidine rings is 1. The van der Waals surface area contributed by atoms with Crippen LogP contribution >= 0.6 is 0 Å². The predicted molar refractivity (Wildman–Crippen MR) is 117 cm³/mol. The van der Waals surface area contributed by atoms with E-state index in [1.54, 1.807) is 4.90 Å². The van der Waals surface area contributed by atoms with Crippen molar-refractivity contribution in [3.63, 3.8) is 0 Å². The lowest BCUT2D eigenvalue weighted by atomic mass is 9.77. The zero-order chi connectivity index (χ0) is 22.5. The van der Waals surface area contributed by atoms with Gasteiger partial charge in [-0.3, -0.25) is 9.59 Å². The normalized spacial score (nSPS) is 18.2. The molecular weight excluding hydrogens is 412 g/mol. The van der Waals surface area contributed by atoms with Crippen molar-refractivity contribution in [1.29, 1.82) is 0 Å². The molecule has 5 nitrogen and oxygen atoms in total. The number of fused-ring (bicyclic) bond motifs is 1. The molecule has 1 aromatic heterocycles. The largest absolute Gasteiger partial charge is 0.351 e. The Morgan fingerprint density at radius 1 is 1.00 bits per heavy atom. The second-order valence-corrected chi connectivity index (χ2v) is 8.99. The summed E-state index contributed by atoms with van der Waals surface area (Å²) in [6.07, 6.45) is 3.83. The van der Waals surface area contributed by atoms with Gasteiger partial charge in [-0.1, -0.05) is 6.07 Å². The second-order valence-electron chi connectivity index (χ2n) is 8.99. The highest BCUT2D eigenvalue weighted by atomic mass is 19.1. The fourth-order valence-corrected chi connectivity index (χ4v) is 5.09. The van der Waals surface area contributed by atoms with Gasteiger partial charge >= 0.3 is 0 Å². The molecule has 0 aliphatic carbocycles. The van der Waals surface area contributed by atoms with Crippen LogP contribution in [0, 0.1) is 17.0 Å². The number of rotatable bonds is 3. The van der Waals surface area contributed by atoms with Crippen LogP contribution in [-0.4, -0.2) is 45.8 Å². The molecule has 2 fully saturated rings. The Labute approximate surface area is 185 Å². The fraction of sp³-hybridized carbons (Fsp3) is 0.360. The van der Waals surface area contributed by atoms with Crippen molar-refractivity contribution in [3.05, 3.63) is 71.4 Å². The van der Waals surface area contributed by atoms with Crippen LogP contribution in [0.15, 0.2) is 48.7 Å². The van der Waals surface area contributed by atoms with E-state index in [2.05, 4.69) is 0 Å². The summed E-state index contributed by atoms with van der Waals surface area (Å²) in [5.74, 6) is -1.05. The average Bonchev–Trinajstić information content (AvgIpc) is 3.31. The minimum absolute atomic E-state index is 0.0153. The van der Waals surface area contributed by atoms with E-state index in [4.69, 9.17) is 0 Å². The first-order chi connectivity index (χ1) is 15.4. The third-order valence-corrected chi connectivity index (χ3v) is 7.11. The van der Waals surface area contributed by atoms with Crippen molar-refractivity contribution in [2.45, 2.75) is 25.8 Å². The predicted octanol–water partition coefficient (Wildman–Crippen LogP) is 4.11. The molecule has 7 heteroatoms. The number of amides is 2. The van der Waals surface area contributed by atoms with E-state index in [0.29, 0.717) is 44.5 Å². The number of benzene rings is 2. The molecule has 0 saturated carbocycles. The summed E-state index contributed by atoms with van der Waals surface area (Å²) in [6.45, 7) is 1.62. The SMILES string of the molecule is Cn1ccc2ccc(C(=O)N3CCC4(CC3)CCN(Cc3cc(F)ccc3F)C4=O)cc21. The van der Waals surface area contributed by atoms with Crippen molar-refractivity contribution in [2.24, 2.45) is 12.5 Å². The van der Waals surface area contributed by atoms with Crippen molar-refractivity contribution < 1.29 is 18.4 Å². The highest BCUT2D eigenvalue weighted by Crippen LogP contribution is 2.42. The molecule has 3 heterocycles. The van der Waals surface area contributed by atoms with Crippen LogP contribution in [0.1, 0.15) is 35.2 Å². The molecule has 3 aromatic rings. The fourth-order valence-electron chi connectivity index (χ4n) is 5.09. The van der Waals surface area contributed by atoms with Crippen LogP contribution in [0.5, 0.6) is 0 Å². The van der Waals surface area contributed by atoms with Crippen LogP contribution in [0.2, 0.25) is 0 Å². The Hall–Kier alpha value is -3.22. The topological polar surface area (TPSA) is 45.6 Å². The van der Waals surface area contributed by atoms with Crippen LogP contribution < -0.4 is 0 Å². The van der Waals surface area contributed by atoms with Gasteiger partial charge in [0.2, 0.25) is 5.91 Å². The zero-order valence-electron chi connectivity index (χ0n) is 18.0. The maximum atomic E-state index is 14.0. The van der Waals surface area contributed by atoms with E-state index in [1.807, 2.05) is 47.0 Å². The number of hydrogen-bond acceptors (Lipinski definition) is 2. The zero-order valence-corrected chi connectivity index (χ0v) is 18.0. The number of likely N-dealkylation sites (tertiary alicyclic amines) is 2. The first-order valence-corrected chi connectivity index (χ1v) is 10.9. The molecule has 0 bridgehead atoms. The highest BCUT2D eigenvalue weighted by molar-refractivity contribution is 5.98. The van der Waals surface area contributed by atoms with Crippen LogP contribution in [0.4, 0.5) is 8.78 Å². The molecule has 1 spiro atoms. The Balaban J connectivity index is 1.26. The first-order valence-electron chi connectivity index (χ1n) is 10.9. The van der Waals surface area contributed by atoms with Crippen molar-refractivity contribution in [3.8, 4) is 0 Å². The molecule has 2 aromatic carbocycles. The van der Waals surface area contributed by atoms with Gasteiger partial charge in [0.1, 0.15) is 11.6 Å². The van der Waals surface area contributed by atoms with Gasteiger partial charge in [0.25, 0.3) is 5.91 Å². The molecule has 166 valence electrons. The van der Waals surface area contributed by atoms with Gasteiger partial charge in [-0.2, -0.15) is 0 Å². The van der Waals surface area contributed by atoms with Gasteiger partial charge in [0.05, 0.1) is 5.41 Å². The molecule has 32 heavy (non-hydrogen) atoms. The van der Waals surface area contributed by atoms with Crippen LogP contribution in [0.3, 0.4) is 0 Å². The summed E-state index contributed by atoms with van der Waals surface area (Å²) < 4.78 is 29.5. The summed E-state index contributed by atoms with van der Waals surface area (Å²) in [6, 6.07) is 11.1. The van der Waals surface area contributed by atoms with Crippen molar-refractivity contribution in [1.82, 2.24) is 14.4 Å². The number of hydrogen-bond donors (Lipinski definition) is 0. The van der Waals surface area contributed by atoms with E-state index in [-0.39, 0.29) is 23.9 Å². The standard InChI is InChI=1S/C25H25F2N3O2/c1-28-10-6-17-2-3-18(15-22(17)28)23(31)29-11-7-25(8-12-29)9-13-30(24(25)32)16-19-14-20(26)4-5-21(19)27/h2-6,10,14-15H,7-9,11-13,16H2,1H3. The van der Waals surface area contributed by atoms with Gasteiger partial charge in [0.15, 0.2) is 0 Å². The first kappa shape index (κ1) is 20.7. The van der Waals surface area contributed by atoms with Gasteiger partial charge in [-0.15, -0.1) is 0 Å². The molecule has 2 saturated heterocycles. The van der Waals surface area contributed by atoms with Crippen molar-refractivity contribution >= 4 is 22.7 Å². The summed E-state index contributed by atoms with van der Waals surface area (Å²) in [7, 11) is 1.95. The third kappa shape index (κ3) is 3.45. The molecule has 2 aliphatic rings. The molecule has 2 amide bonds. The quantitative estimate of drug-likeness (QED) is 0.619. The minimum atomic E-state index is -0.511. The molecule has 0 radical (unpaired) electrons. The Kier molecular flexibility index (Phi) is 4.99. The number of carbonyl (C=O) groups excluding carboxylic acids is 2. The lowest BCUT2D eigenvalue weighted by molar-refractivity contribution is -0.138. The highest BCUT2D eigenvalue weighted by Gasteiger charge is 2.48. The number of nitrogens with zero attached hydrogens (tertiary/aromatic N) is 3. The summed E-state index contributed by atoms with van der Waals surface area (Å²) in [4.78, 5) is 29.7. The summed E-state index contributed by atoms with van der Waals surface area (Å²) in [5.41, 5.74) is 1.34. The number of aryl methyl sites for hydroxylation is 1. The number of carbonyl (C=O) groups is 2. The minimum Gasteiger partial charge on any atom is -0.351 e. The van der Waals surface area contributed by atoms with E-state index in [1.165, 1.54) is 0 Å².